The SMILES string of the molecule is CCN(CC)C(=O)CN1CCc2cc(OC)c(OC)cc2C1c1cccs1. The fourth-order valence-electron chi connectivity index (χ4n) is 3.80. The van der Waals surface area contributed by atoms with Gasteiger partial charge in [-0.25, -0.2) is 0 Å². The van der Waals surface area contributed by atoms with Gasteiger partial charge in [0.25, 0.3) is 0 Å². The molecule has 6 heteroatoms. The summed E-state index contributed by atoms with van der Waals surface area (Å²) >= 11 is 1.73. The van der Waals surface area contributed by atoms with Crippen molar-refractivity contribution in [1.29, 1.82) is 0 Å². The van der Waals surface area contributed by atoms with Gasteiger partial charge in [-0.3, -0.25) is 9.69 Å². The second-order valence-electron chi connectivity index (χ2n) is 6.61. The molecule has 0 N–H and O–H groups in total. The number of ether oxygens (including phenoxy) is 2. The molecule has 0 bridgehead atoms. The summed E-state index contributed by atoms with van der Waals surface area (Å²) in [4.78, 5) is 18.2. The average molecular weight is 389 g/mol. The van der Waals surface area contributed by atoms with E-state index in [2.05, 4.69) is 34.5 Å². The summed E-state index contributed by atoms with van der Waals surface area (Å²) in [5.74, 6) is 1.68. The van der Waals surface area contributed by atoms with Crippen molar-refractivity contribution < 1.29 is 14.3 Å². The molecule has 3 rings (SSSR count). The Morgan fingerprint density at radius 2 is 1.93 bits per heavy atom. The van der Waals surface area contributed by atoms with E-state index in [1.807, 2.05) is 18.7 Å². The molecule has 146 valence electrons. The third-order valence-corrected chi connectivity index (χ3v) is 6.17. The fraction of sp³-hybridized carbons (Fsp3) is 0.476. The standard InChI is InChI=1S/C21H28N2O3S/c1-5-22(6-2)20(24)14-23-10-9-15-12-17(25-3)18(26-4)13-16(15)21(23)19-8-7-11-27-19/h7-8,11-13,21H,5-6,9-10,14H2,1-4H3. The first kappa shape index (κ1) is 19.7. The van der Waals surface area contributed by atoms with Crippen LogP contribution in [0, 0.1) is 0 Å². The minimum absolute atomic E-state index is 0.0630. The van der Waals surface area contributed by atoms with Gasteiger partial charge >= 0.3 is 0 Å². The third kappa shape index (κ3) is 3.96. The van der Waals surface area contributed by atoms with Gasteiger partial charge in [0.2, 0.25) is 5.91 Å². The lowest BCUT2D eigenvalue weighted by Crippen LogP contribution is -2.44. The van der Waals surface area contributed by atoms with Crippen LogP contribution >= 0.6 is 11.3 Å². The molecule has 1 amide bonds. The number of hydrogen-bond acceptors (Lipinski definition) is 5. The Morgan fingerprint density at radius 3 is 2.52 bits per heavy atom. The molecule has 27 heavy (non-hydrogen) atoms. The highest BCUT2D eigenvalue weighted by Gasteiger charge is 2.32. The summed E-state index contributed by atoms with van der Waals surface area (Å²) in [5.41, 5.74) is 2.46. The summed E-state index contributed by atoms with van der Waals surface area (Å²) in [7, 11) is 3.33. The molecule has 1 aliphatic heterocycles. The van der Waals surface area contributed by atoms with E-state index < -0.39 is 0 Å². The number of nitrogens with zero attached hydrogens (tertiary/aromatic N) is 2. The van der Waals surface area contributed by atoms with Crippen LogP contribution in [0.5, 0.6) is 11.5 Å². The summed E-state index contributed by atoms with van der Waals surface area (Å²) < 4.78 is 11.0. The normalized spacial score (nSPS) is 16.7. The molecule has 0 radical (unpaired) electrons. The van der Waals surface area contributed by atoms with Crippen LogP contribution in [0.25, 0.3) is 0 Å². The van der Waals surface area contributed by atoms with E-state index in [1.54, 1.807) is 25.6 Å². The molecule has 0 saturated carbocycles. The first-order valence-electron chi connectivity index (χ1n) is 9.42. The van der Waals surface area contributed by atoms with Crippen molar-refractivity contribution in [3.63, 3.8) is 0 Å². The maximum atomic E-state index is 12.8. The van der Waals surface area contributed by atoms with Crippen LogP contribution in [-0.4, -0.2) is 56.1 Å². The molecule has 1 atom stereocenters. The highest BCUT2D eigenvalue weighted by atomic mass is 32.1. The van der Waals surface area contributed by atoms with E-state index >= 15 is 0 Å². The minimum Gasteiger partial charge on any atom is -0.493 e. The lowest BCUT2D eigenvalue weighted by molar-refractivity contribution is -0.132. The molecule has 1 unspecified atom stereocenters. The van der Waals surface area contributed by atoms with Crippen molar-refractivity contribution in [2.75, 3.05) is 40.4 Å². The van der Waals surface area contributed by atoms with Crippen molar-refractivity contribution in [2.24, 2.45) is 0 Å². The van der Waals surface area contributed by atoms with E-state index in [-0.39, 0.29) is 11.9 Å². The maximum Gasteiger partial charge on any atom is 0.236 e. The topological polar surface area (TPSA) is 42.0 Å². The van der Waals surface area contributed by atoms with Crippen molar-refractivity contribution in [3.8, 4) is 11.5 Å². The fourth-order valence-corrected chi connectivity index (χ4v) is 4.67. The van der Waals surface area contributed by atoms with Gasteiger partial charge in [-0.1, -0.05) is 6.07 Å². The van der Waals surface area contributed by atoms with Crippen molar-refractivity contribution in [2.45, 2.75) is 26.3 Å². The molecule has 0 aliphatic carbocycles. The van der Waals surface area contributed by atoms with E-state index in [1.165, 1.54) is 16.0 Å². The van der Waals surface area contributed by atoms with Gasteiger partial charge < -0.3 is 14.4 Å². The average Bonchev–Trinajstić information content (AvgIpc) is 3.21. The van der Waals surface area contributed by atoms with Gasteiger partial charge in [0, 0.05) is 24.5 Å². The Kier molecular flexibility index (Phi) is 6.39. The molecular formula is C21H28N2O3S. The van der Waals surface area contributed by atoms with Gasteiger partial charge in [-0.05, 0) is 55.0 Å². The van der Waals surface area contributed by atoms with Crippen molar-refractivity contribution >= 4 is 17.2 Å². The van der Waals surface area contributed by atoms with Crippen LogP contribution in [0.4, 0.5) is 0 Å². The number of carbonyl (C=O) groups is 1. The Morgan fingerprint density at radius 1 is 1.22 bits per heavy atom. The minimum atomic E-state index is 0.0630. The third-order valence-electron chi connectivity index (χ3n) is 5.24. The summed E-state index contributed by atoms with van der Waals surface area (Å²) in [6, 6.07) is 8.44. The Bertz CT molecular complexity index is 772. The molecule has 1 aromatic heterocycles. The molecular weight excluding hydrogens is 360 g/mol. The Balaban J connectivity index is 1.99. The van der Waals surface area contributed by atoms with Crippen LogP contribution < -0.4 is 9.47 Å². The first-order valence-corrected chi connectivity index (χ1v) is 10.3. The zero-order valence-corrected chi connectivity index (χ0v) is 17.3. The van der Waals surface area contributed by atoms with E-state index in [0.29, 0.717) is 6.54 Å². The van der Waals surface area contributed by atoms with E-state index in [4.69, 9.17) is 9.47 Å². The molecule has 5 nitrogen and oxygen atoms in total. The van der Waals surface area contributed by atoms with E-state index in [0.717, 1.165) is 37.6 Å². The largest absolute Gasteiger partial charge is 0.493 e. The molecule has 0 spiro atoms. The number of thiophene rings is 1. The van der Waals surface area contributed by atoms with Crippen molar-refractivity contribution in [3.05, 3.63) is 45.6 Å². The summed E-state index contributed by atoms with van der Waals surface area (Å²) in [6.07, 6.45) is 0.892. The second kappa shape index (κ2) is 8.76. The predicted octanol–water partition coefficient (Wildman–Crippen LogP) is 3.58. The van der Waals surface area contributed by atoms with Crippen LogP contribution in [0.1, 0.15) is 35.9 Å². The second-order valence-corrected chi connectivity index (χ2v) is 7.59. The number of benzene rings is 1. The van der Waals surface area contributed by atoms with Gasteiger partial charge in [-0.2, -0.15) is 0 Å². The maximum absolute atomic E-state index is 12.8. The number of rotatable bonds is 7. The number of carbonyl (C=O) groups excluding carboxylic acids is 1. The highest BCUT2D eigenvalue weighted by Crippen LogP contribution is 2.42. The van der Waals surface area contributed by atoms with Gasteiger partial charge in [0.1, 0.15) is 0 Å². The highest BCUT2D eigenvalue weighted by molar-refractivity contribution is 7.10. The predicted molar refractivity (Wildman–Crippen MR) is 109 cm³/mol. The molecule has 0 fully saturated rings. The lowest BCUT2D eigenvalue weighted by Gasteiger charge is -2.37. The molecule has 2 heterocycles. The number of fused-ring (bicyclic) bond motifs is 1. The Labute approximate surface area is 165 Å². The number of hydrogen-bond donors (Lipinski definition) is 0. The monoisotopic (exact) mass is 388 g/mol. The van der Waals surface area contributed by atoms with Crippen LogP contribution in [0.15, 0.2) is 29.6 Å². The number of likely N-dealkylation sites (N-methyl/N-ethyl adjacent to an activating group) is 1. The lowest BCUT2D eigenvalue weighted by atomic mass is 9.91. The van der Waals surface area contributed by atoms with Crippen LogP contribution in [0.3, 0.4) is 0 Å². The number of amides is 1. The molecule has 0 saturated heterocycles. The van der Waals surface area contributed by atoms with Crippen LogP contribution in [0.2, 0.25) is 0 Å². The smallest absolute Gasteiger partial charge is 0.236 e. The first-order chi connectivity index (χ1) is 13.1. The number of methoxy groups -OCH3 is 2. The Hall–Kier alpha value is -2.05. The molecule has 2 aromatic rings. The zero-order chi connectivity index (χ0) is 19.4. The molecule has 1 aliphatic rings. The quantitative estimate of drug-likeness (QED) is 0.727. The molecule has 1 aromatic carbocycles. The van der Waals surface area contributed by atoms with Crippen LogP contribution in [-0.2, 0) is 11.2 Å². The van der Waals surface area contributed by atoms with Crippen molar-refractivity contribution in [1.82, 2.24) is 9.80 Å². The summed E-state index contributed by atoms with van der Waals surface area (Å²) in [6.45, 7) is 6.82. The summed E-state index contributed by atoms with van der Waals surface area (Å²) in [5, 5.41) is 2.09. The van der Waals surface area contributed by atoms with Gasteiger partial charge in [0.05, 0.1) is 26.8 Å². The van der Waals surface area contributed by atoms with Gasteiger partial charge in [0.15, 0.2) is 11.5 Å². The zero-order valence-electron chi connectivity index (χ0n) is 16.5. The van der Waals surface area contributed by atoms with E-state index in [9.17, 15) is 4.79 Å². The van der Waals surface area contributed by atoms with Gasteiger partial charge in [-0.15, -0.1) is 11.3 Å².